The van der Waals surface area contributed by atoms with Gasteiger partial charge in [0.1, 0.15) is 5.75 Å². The Morgan fingerprint density at radius 2 is 1.57 bits per heavy atom. The van der Waals surface area contributed by atoms with Crippen molar-refractivity contribution in [1.82, 2.24) is 0 Å². The Labute approximate surface area is 245 Å². The fourth-order valence-corrected chi connectivity index (χ4v) is 5.94. The van der Waals surface area contributed by atoms with Gasteiger partial charge in [-0.15, -0.1) is 0 Å². The van der Waals surface area contributed by atoms with Gasteiger partial charge in [0, 0.05) is 16.1 Å². The van der Waals surface area contributed by atoms with E-state index in [1.165, 1.54) is 19.2 Å². The lowest BCUT2D eigenvalue weighted by Crippen LogP contribution is -2.40. The number of esters is 1. The number of anilines is 1. The van der Waals surface area contributed by atoms with E-state index in [1.807, 2.05) is 0 Å². The van der Waals surface area contributed by atoms with Gasteiger partial charge in [-0.1, -0.05) is 17.7 Å². The van der Waals surface area contributed by atoms with Crippen LogP contribution in [0.15, 0.2) is 36.4 Å². The van der Waals surface area contributed by atoms with Gasteiger partial charge >= 0.3 is 20.0 Å². The van der Waals surface area contributed by atoms with Crippen LogP contribution in [0.3, 0.4) is 0 Å². The Morgan fingerprint density at radius 3 is 2.10 bits per heavy atom. The molecule has 15 heteroatoms. The fourth-order valence-electron chi connectivity index (χ4n) is 4.02. The number of nitrogens with zero attached hydrogens (tertiary/aromatic N) is 1. The summed E-state index contributed by atoms with van der Waals surface area (Å²) >= 11 is 6.04. The number of halogens is 5. The first-order valence-corrected chi connectivity index (χ1v) is 14.3. The predicted molar refractivity (Wildman–Crippen MR) is 145 cm³/mol. The standard InChI is InChI=1S/C27H31ClF4NO8P/c1-24(2,3)40-42(36,41-25(4,5)6)39-14-22(34)38-15-33-20-12-16(27(30,31)32)8-10-18(20)26(29,23(33)35)19-13-17(28)9-11-21(19)37-7/h8-13H,14-15H2,1-7H3. The molecule has 2 aromatic carbocycles. The summed E-state index contributed by atoms with van der Waals surface area (Å²) in [6, 6.07) is 5.82. The number of fused-ring (bicyclic) bond motifs is 1. The highest BCUT2D eigenvalue weighted by Crippen LogP contribution is 2.55. The molecular formula is C27H31ClF4NO8P. The van der Waals surface area contributed by atoms with E-state index in [2.05, 4.69) is 0 Å². The van der Waals surface area contributed by atoms with Crippen LogP contribution in [-0.2, 0) is 44.3 Å². The van der Waals surface area contributed by atoms with Crippen molar-refractivity contribution >= 4 is 37.0 Å². The lowest BCUT2D eigenvalue weighted by molar-refractivity contribution is -0.148. The first kappa shape index (κ1) is 33.8. The van der Waals surface area contributed by atoms with Crippen molar-refractivity contribution in [2.75, 3.05) is 25.3 Å². The molecule has 0 bridgehead atoms. The number of methoxy groups -OCH3 is 1. The van der Waals surface area contributed by atoms with Crippen molar-refractivity contribution in [1.29, 1.82) is 0 Å². The number of ether oxygens (including phenoxy) is 2. The molecule has 1 amide bonds. The van der Waals surface area contributed by atoms with E-state index in [4.69, 9.17) is 34.6 Å². The Hall–Kier alpha value is -2.70. The first-order valence-electron chi connectivity index (χ1n) is 12.5. The molecule has 1 atom stereocenters. The highest BCUT2D eigenvalue weighted by atomic mass is 35.5. The van der Waals surface area contributed by atoms with Gasteiger partial charge in [-0.25, -0.2) is 13.8 Å². The molecule has 0 aromatic heterocycles. The van der Waals surface area contributed by atoms with E-state index in [-0.39, 0.29) is 16.3 Å². The van der Waals surface area contributed by atoms with E-state index in [9.17, 15) is 27.3 Å². The largest absolute Gasteiger partial charge is 0.496 e. The highest BCUT2D eigenvalue weighted by molar-refractivity contribution is 7.48. The van der Waals surface area contributed by atoms with Gasteiger partial charge < -0.3 is 9.47 Å². The van der Waals surface area contributed by atoms with Gasteiger partial charge in [-0.2, -0.15) is 13.2 Å². The van der Waals surface area contributed by atoms with Crippen LogP contribution < -0.4 is 9.64 Å². The number of carbonyl (C=O) groups is 2. The molecule has 0 saturated heterocycles. The van der Waals surface area contributed by atoms with Crippen molar-refractivity contribution in [3.63, 3.8) is 0 Å². The molecule has 0 aliphatic carbocycles. The molecule has 3 rings (SSSR count). The highest BCUT2D eigenvalue weighted by Gasteiger charge is 2.55. The SMILES string of the molecule is COc1ccc(Cl)cc1C1(F)C(=O)N(COC(=O)COP(=O)(OC(C)(C)C)OC(C)(C)C)c2cc(C(F)(F)F)ccc21. The molecule has 232 valence electrons. The molecule has 9 nitrogen and oxygen atoms in total. The second-order valence-electron chi connectivity index (χ2n) is 11.2. The number of carbonyl (C=O) groups excluding carboxylic acids is 2. The number of rotatable bonds is 9. The van der Waals surface area contributed by atoms with Gasteiger partial charge in [-0.05, 0) is 71.9 Å². The van der Waals surface area contributed by atoms with Crippen LogP contribution in [0.4, 0.5) is 23.2 Å². The Balaban J connectivity index is 1.92. The second kappa shape index (κ2) is 11.8. The number of hydrogen-bond acceptors (Lipinski definition) is 8. The summed E-state index contributed by atoms with van der Waals surface area (Å²) in [4.78, 5) is 26.6. The zero-order valence-electron chi connectivity index (χ0n) is 23.9. The minimum absolute atomic E-state index is 0.0329. The van der Waals surface area contributed by atoms with Crippen LogP contribution in [0, 0.1) is 0 Å². The topological polar surface area (TPSA) is 101 Å². The average molecular weight is 640 g/mol. The zero-order chi connectivity index (χ0) is 31.9. The van der Waals surface area contributed by atoms with Crippen molar-refractivity contribution in [2.24, 2.45) is 0 Å². The van der Waals surface area contributed by atoms with E-state index in [1.54, 1.807) is 41.5 Å². The maximum Gasteiger partial charge on any atom is 0.476 e. The smallest absolute Gasteiger partial charge is 0.476 e. The quantitative estimate of drug-likeness (QED) is 0.162. The zero-order valence-corrected chi connectivity index (χ0v) is 25.6. The molecule has 1 aliphatic rings. The average Bonchev–Trinajstić information content (AvgIpc) is 3.05. The van der Waals surface area contributed by atoms with Gasteiger partial charge in [-0.3, -0.25) is 23.3 Å². The summed E-state index contributed by atoms with van der Waals surface area (Å²) in [5.74, 6) is -2.64. The molecule has 0 spiro atoms. The summed E-state index contributed by atoms with van der Waals surface area (Å²) in [6.07, 6.45) is -4.83. The minimum Gasteiger partial charge on any atom is -0.496 e. The van der Waals surface area contributed by atoms with Crippen LogP contribution in [0.2, 0.25) is 5.02 Å². The van der Waals surface area contributed by atoms with Crippen LogP contribution in [0.5, 0.6) is 5.75 Å². The first-order chi connectivity index (χ1) is 19.1. The molecule has 1 heterocycles. The number of phosphoric acid groups is 1. The third kappa shape index (κ3) is 7.62. The fraction of sp³-hybridized carbons (Fsp3) is 0.481. The molecule has 0 saturated carbocycles. The number of hydrogen-bond donors (Lipinski definition) is 0. The van der Waals surface area contributed by atoms with Crippen molar-refractivity contribution in [3.05, 3.63) is 58.1 Å². The molecule has 0 N–H and O–H groups in total. The number of alkyl halides is 4. The van der Waals surface area contributed by atoms with Crippen molar-refractivity contribution in [2.45, 2.75) is 64.6 Å². The van der Waals surface area contributed by atoms with E-state index in [0.29, 0.717) is 17.0 Å². The predicted octanol–water partition coefficient (Wildman–Crippen LogP) is 7.18. The Bertz CT molecular complexity index is 1390. The van der Waals surface area contributed by atoms with E-state index >= 15 is 4.39 Å². The van der Waals surface area contributed by atoms with Gasteiger partial charge in [0.2, 0.25) is 5.67 Å². The minimum atomic E-state index is -4.83. The van der Waals surface area contributed by atoms with Crippen molar-refractivity contribution < 1.29 is 54.8 Å². The molecular weight excluding hydrogens is 609 g/mol. The maximum absolute atomic E-state index is 16.8. The van der Waals surface area contributed by atoms with E-state index in [0.717, 1.165) is 12.1 Å². The Kier molecular flexibility index (Phi) is 9.47. The number of amides is 1. The molecule has 1 unspecified atom stereocenters. The summed E-state index contributed by atoms with van der Waals surface area (Å²) in [5, 5.41) is 0.0329. The van der Waals surface area contributed by atoms with Crippen LogP contribution in [0.1, 0.15) is 58.2 Å². The van der Waals surface area contributed by atoms with Gasteiger partial charge in [0.05, 0.1) is 29.6 Å². The number of phosphoric ester groups is 1. The monoisotopic (exact) mass is 639 g/mol. The molecule has 0 fully saturated rings. The Morgan fingerprint density at radius 1 is 0.976 bits per heavy atom. The van der Waals surface area contributed by atoms with Crippen LogP contribution >= 0.6 is 19.4 Å². The normalized spacial score (nSPS) is 17.8. The second-order valence-corrected chi connectivity index (χ2v) is 13.2. The summed E-state index contributed by atoms with van der Waals surface area (Å²) in [6.45, 7) is 7.49. The van der Waals surface area contributed by atoms with Crippen molar-refractivity contribution in [3.8, 4) is 5.75 Å². The third-order valence-corrected chi connectivity index (χ3v) is 7.75. The van der Waals surface area contributed by atoms with Crippen LogP contribution in [0.25, 0.3) is 0 Å². The number of benzene rings is 2. The molecule has 2 aromatic rings. The third-order valence-electron chi connectivity index (χ3n) is 5.53. The summed E-state index contributed by atoms with van der Waals surface area (Å²) in [7, 11) is -3.11. The van der Waals surface area contributed by atoms with Crippen LogP contribution in [-0.4, -0.2) is 43.5 Å². The maximum atomic E-state index is 16.8. The van der Waals surface area contributed by atoms with E-state index < -0.39 is 72.9 Å². The van der Waals surface area contributed by atoms with Gasteiger partial charge in [0.15, 0.2) is 13.3 Å². The molecule has 42 heavy (non-hydrogen) atoms. The lowest BCUT2D eigenvalue weighted by atomic mass is 9.88. The summed E-state index contributed by atoms with van der Waals surface area (Å²) in [5.41, 5.74) is -7.52. The molecule has 1 aliphatic heterocycles. The summed E-state index contributed by atoms with van der Waals surface area (Å²) < 4.78 is 96.8. The lowest BCUT2D eigenvalue weighted by Gasteiger charge is -2.30. The van der Waals surface area contributed by atoms with Gasteiger partial charge in [0.25, 0.3) is 5.91 Å². The molecule has 0 radical (unpaired) electrons.